The number of rotatable bonds is 4. The molecule has 1 unspecified atom stereocenters. The highest BCUT2D eigenvalue weighted by Gasteiger charge is 2.26. The maximum atomic E-state index is 5.77. The van der Waals surface area contributed by atoms with Gasteiger partial charge in [0.1, 0.15) is 11.6 Å². The highest BCUT2D eigenvalue weighted by atomic mass is 16.5. The second-order valence-electron chi connectivity index (χ2n) is 5.31. The number of aromatic nitrogens is 2. The fourth-order valence-electron chi connectivity index (χ4n) is 2.50. The molecule has 0 bridgehead atoms. The van der Waals surface area contributed by atoms with Gasteiger partial charge in [0.15, 0.2) is 0 Å². The fraction of sp³-hybridized carbons (Fsp3) is 0.714. The molecule has 0 aromatic carbocycles. The van der Waals surface area contributed by atoms with Crippen molar-refractivity contribution in [2.75, 3.05) is 19.0 Å². The molecule has 1 atom stereocenters. The second kappa shape index (κ2) is 5.22. The summed E-state index contributed by atoms with van der Waals surface area (Å²) in [6.45, 7) is 0.895. The Balaban J connectivity index is 1.74. The molecule has 0 amide bonds. The van der Waals surface area contributed by atoms with Gasteiger partial charge in [-0.2, -0.15) is 0 Å². The standard InChI is InChI=1S/C14H21N3O/c1-15-13-9-12(10-5-6-10)16-14(17-13)8-11-4-2-3-7-18-11/h9-11H,2-8H2,1H3,(H,15,16,17). The summed E-state index contributed by atoms with van der Waals surface area (Å²) in [6, 6.07) is 2.09. The van der Waals surface area contributed by atoms with E-state index in [0.717, 1.165) is 31.1 Å². The molecule has 98 valence electrons. The molecule has 1 aromatic rings. The molecular formula is C14H21N3O. The van der Waals surface area contributed by atoms with Crippen LogP contribution in [0.4, 0.5) is 5.82 Å². The Kier molecular flexibility index (Phi) is 3.46. The van der Waals surface area contributed by atoms with Gasteiger partial charge in [0.25, 0.3) is 0 Å². The molecule has 18 heavy (non-hydrogen) atoms. The van der Waals surface area contributed by atoms with E-state index in [1.807, 2.05) is 7.05 Å². The first-order valence-corrected chi connectivity index (χ1v) is 7.02. The average Bonchev–Trinajstić information content (AvgIpc) is 3.24. The summed E-state index contributed by atoms with van der Waals surface area (Å²) in [5.74, 6) is 2.56. The second-order valence-corrected chi connectivity index (χ2v) is 5.31. The summed E-state index contributed by atoms with van der Waals surface area (Å²) in [7, 11) is 1.92. The Morgan fingerprint density at radius 2 is 2.17 bits per heavy atom. The van der Waals surface area contributed by atoms with Crippen molar-refractivity contribution in [1.29, 1.82) is 0 Å². The van der Waals surface area contributed by atoms with Crippen molar-refractivity contribution in [3.8, 4) is 0 Å². The van der Waals surface area contributed by atoms with Crippen LogP contribution in [0.15, 0.2) is 6.07 Å². The quantitative estimate of drug-likeness (QED) is 0.888. The molecule has 1 saturated carbocycles. The Labute approximate surface area is 108 Å². The minimum Gasteiger partial charge on any atom is -0.378 e. The molecule has 2 fully saturated rings. The van der Waals surface area contributed by atoms with Crippen LogP contribution >= 0.6 is 0 Å². The SMILES string of the molecule is CNc1cc(C2CC2)nc(CC2CCCCO2)n1. The Bertz CT molecular complexity index is 412. The number of ether oxygens (including phenoxy) is 1. The summed E-state index contributed by atoms with van der Waals surface area (Å²) in [5, 5.41) is 3.14. The molecule has 1 N–H and O–H groups in total. The van der Waals surface area contributed by atoms with E-state index >= 15 is 0 Å². The molecule has 4 heteroatoms. The van der Waals surface area contributed by atoms with Gasteiger partial charge in [-0.25, -0.2) is 9.97 Å². The van der Waals surface area contributed by atoms with Gasteiger partial charge in [-0.3, -0.25) is 0 Å². The molecule has 4 nitrogen and oxygen atoms in total. The fourth-order valence-corrected chi connectivity index (χ4v) is 2.50. The Morgan fingerprint density at radius 1 is 1.28 bits per heavy atom. The van der Waals surface area contributed by atoms with Gasteiger partial charge in [-0.15, -0.1) is 0 Å². The van der Waals surface area contributed by atoms with Crippen LogP contribution in [0.2, 0.25) is 0 Å². The monoisotopic (exact) mass is 247 g/mol. The molecule has 1 saturated heterocycles. The summed E-state index contributed by atoms with van der Waals surface area (Å²) in [5.41, 5.74) is 1.21. The third-order valence-corrected chi connectivity index (χ3v) is 3.73. The molecule has 1 aromatic heterocycles. The minimum absolute atomic E-state index is 0.318. The largest absolute Gasteiger partial charge is 0.378 e. The van der Waals surface area contributed by atoms with E-state index in [0.29, 0.717) is 12.0 Å². The number of nitrogens with zero attached hydrogens (tertiary/aromatic N) is 2. The Morgan fingerprint density at radius 3 is 2.83 bits per heavy atom. The smallest absolute Gasteiger partial charge is 0.133 e. The van der Waals surface area contributed by atoms with Crippen LogP contribution in [0.5, 0.6) is 0 Å². The predicted molar refractivity (Wildman–Crippen MR) is 70.8 cm³/mol. The maximum Gasteiger partial charge on any atom is 0.133 e. The van der Waals surface area contributed by atoms with Crippen molar-refractivity contribution in [3.05, 3.63) is 17.6 Å². The van der Waals surface area contributed by atoms with Crippen molar-refractivity contribution in [3.63, 3.8) is 0 Å². The van der Waals surface area contributed by atoms with Gasteiger partial charge < -0.3 is 10.1 Å². The van der Waals surface area contributed by atoms with Gasteiger partial charge in [0.05, 0.1) is 6.10 Å². The summed E-state index contributed by atoms with van der Waals surface area (Å²) >= 11 is 0. The molecule has 1 aliphatic heterocycles. The zero-order valence-corrected chi connectivity index (χ0v) is 11.0. The lowest BCUT2D eigenvalue weighted by Crippen LogP contribution is -2.22. The van der Waals surface area contributed by atoms with Crippen molar-refractivity contribution < 1.29 is 4.74 Å². The van der Waals surface area contributed by atoms with Crippen LogP contribution in [0.3, 0.4) is 0 Å². The maximum absolute atomic E-state index is 5.77. The van der Waals surface area contributed by atoms with Crippen molar-refractivity contribution in [1.82, 2.24) is 9.97 Å². The van der Waals surface area contributed by atoms with Gasteiger partial charge >= 0.3 is 0 Å². The molecule has 2 aliphatic rings. The Hall–Kier alpha value is -1.16. The lowest BCUT2D eigenvalue weighted by molar-refractivity contribution is 0.0156. The molecule has 2 heterocycles. The van der Waals surface area contributed by atoms with E-state index in [1.54, 1.807) is 0 Å². The van der Waals surface area contributed by atoms with Gasteiger partial charge in [0, 0.05) is 37.8 Å². The third kappa shape index (κ3) is 2.80. The molecule has 3 rings (SSSR count). The van der Waals surface area contributed by atoms with Crippen molar-refractivity contribution in [2.24, 2.45) is 0 Å². The number of nitrogens with one attached hydrogen (secondary N) is 1. The van der Waals surface area contributed by atoms with Crippen molar-refractivity contribution in [2.45, 2.75) is 50.5 Å². The topological polar surface area (TPSA) is 47.0 Å². The van der Waals surface area contributed by atoms with Crippen molar-refractivity contribution >= 4 is 5.82 Å². The van der Waals surface area contributed by atoms with E-state index in [4.69, 9.17) is 9.72 Å². The summed E-state index contributed by atoms with van der Waals surface area (Å²) in [4.78, 5) is 9.26. The van der Waals surface area contributed by atoms with E-state index in [-0.39, 0.29) is 0 Å². The molecule has 0 spiro atoms. The van der Waals surface area contributed by atoms with Crippen LogP contribution in [0.25, 0.3) is 0 Å². The first-order valence-electron chi connectivity index (χ1n) is 7.02. The van der Waals surface area contributed by atoms with Gasteiger partial charge in [-0.1, -0.05) is 0 Å². The van der Waals surface area contributed by atoms with Crippen LogP contribution in [0.1, 0.15) is 49.5 Å². The minimum atomic E-state index is 0.318. The lowest BCUT2D eigenvalue weighted by Gasteiger charge is -2.22. The van der Waals surface area contributed by atoms with E-state index < -0.39 is 0 Å². The highest BCUT2D eigenvalue weighted by molar-refractivity contribution is 5.37. The zero-order valence-electron chi connectivity index (χ0n) is 11.0. The zero-order chi connectivity index (χ0) is 12.4. The molecule has 0 radical (unpaired) electrons. The first kappa shape index (κ1) is 11.9. The predicted octanol–water partition coefficient (Wildman–Crippen LogP) is 2.51. The average molecular weight is 247 g/mol. The third-order valence-electron chi connectivity index (χ3n) is 3.73. The normalized spacial score (nSPS) is 23.9. The van der Waals surface area contributed by atoms with E-state index in [2.05, 4.69) is 16.4 Å². The first-order chi connectivity index (χ1) is 8.85. The summed E-state index contributed by atoms with van der Waals surface area (Å²) in [6.07, 6.45) is 7.34. The molecule has 1 aliphatic carbocycles. The number of anilines is 1. The van der Waals surface area contributed by atoms with Crippen LogP contribution in [0, 0.1) is 0 Å². The van der Waals surface area contributed by atoms with Crippen LogP contribution in [-0.2, 0) is 11.2 Å². The number of hydrogen-bond donors (Lipinski definition) is 1. The van der Waals surface area contributed by atoms with Crippen LogP contribution in [-0.4, -0.2) is 29.7 Å². The van der Waals surface area contributed by atoms with Gasteiger partial charge in [0.2, 0.25) is 0 Å². The number of hydrogen-bond acceptors (Lipinski definition) is 4. The van der Waals surface area contributed by atoms with Crippen LogP contribution < -0.4 is 5.32 Å². The summed E-state index contributed by atoms with van der Waals surface area (Å²) < 4.78 is 5.77. The highest BCUT2D eigenvalue weighted by Crippen LogP contribution is 2.39. The van der Waals surface area contributed by atoms with E-state index in [9.17, 15) is 0 Å². The van der Waals surface area contributed by atoms with Gasteiger partial charge in [-0.05, 0) is 32.1 Å². The van der Waals surface area contributed by atoms with E-state index in [1.165, 1.54) is 31.4 Å². The molecular weight excluding hydrogens is 226 g/mol. The lowest BCUT2D eigenvalue weighted by atomic mass is 10.1.